The number of ether oxygens (including phenoxy) is 2. The number of aliphatic hydroxyl groups is 4. The van der Waals surface area contributed by atoms with Gasteiger partial charge in [-0.2, -0.15) is 0 Å². The molecule has 13 heteroatoms. The molecule has 3 heterocycles. The Labute approximate surface area is 204 Å². The first kappa shape index (κ1) is 24.7. The Morgan fingerprint density at radius 3 is 2.32 bits per heavy atom. The van der Waals surface area contributed by atoms with E-state index in [1.807, 2.05) is 0 Å². The van der Waals surface area contributed by atoms with Gasteiger partial charge >= 0.3 is 11.6 Å². The Balaban J connectivity index is 1.72. The van der Waals surface area contributed by atoms with Gasteiger partial charge in [0.25, 0.3) is 0 Å². The van der Waals surface area contributed by atoms with E-state index in [9.17, 15) is 45.0 Å². The average Bonchev–Trinajstić information content (AvgIpc) is 2.83. The molecule has 0 bridgehead atoms. The van der Waals surface area contributed by atoms with Gasteiger partial charge in [-0.05, 0) is 30.5 Å². The van der Waals surface area contributed by atoms with Crippen molar-refractivity contribution in [2.75, 3.05) is 6.61 Å². The maximum Gasteiger partial charge on any atom is 0.347 e. The highest BCUT2D eigenvalue weighted by Crippen LogP contribution is 2.35. The molecule has 6 N–H and O–H groups in total. The Kier molecular flexibility index (Phi) is 5.89. The van der Waals surface area contributed by atoms with Crippen molar-refractivity contribution in [2.45, 2.75) is 37.6 Å². The summed E-state index contributed by atoms with van der Waals surface area (Å²) in [6, 6.07) is 4.84. The third-order valence-corrected chi connectivity index (χ3v) is 6.19. The number of aromatic hydroxyl groups is 1. The number of hydrogen-bond donors (Lipinski definition) is 6. The van der Waals surface area contributed by atoms with Crippen LogP contribution in [-0.4, -0.2) is 73.9 Å². The van der Waals surface area contributed by atoms with Gasteiger partial charge < -0.3 is 48.9 Å². The average molecular weight is 516 g/mol. The first-order chi connectivity index (χ1) is 17.5. The summed E-state index contributed by atoms with van der Waals surface area (Å²) in [5.41, 5.74) is -2.85. The number of phenols is 1. The summed E-state index contributed by atoms with van der Waals surface area (Å²) < 4.78 is 21.5. The zero-order chi connectivity index (χ0) is 26.8. The minimum absolute atomic E-state index is 0.158. The number of carboxylic acid groups (broad SMARTS) is 1. The van der Waals surface area contributed by atoms with Crippen LogP contribution in [0.15, 0.2) is 42.7 Å². The van der Waals surface area contributed by atoms with E-state index in [1.54, 1.807) is 0 Å². The van der Waals surface area contributed by atoms with E-state index in [1.165, 1.54) is 19.1 Å². The Morgan fingerprint density at radius 2 is 1.65 bits per heavy atom. The molecule has 0 saturated carbocycles. The lowest BCUT2D eigenvalue weighted by Gasteiger charge is -2.39. The summed E-state index contributed by atoms with van der Waals surface area (Å²) in [6.07, 6.45) is -8.05. The lowest BCUT2D eigenvalue weighted by Crippen LogP contribution is -2.60. The Bertz CT molecular complexity index is 1680. The summed E-state index contributed by atoms with van der Waals surface area (Å²) in [7, 11) is 0. The van der Waals surface area contributed by atoms with Gasteiger partial charge in [-0.15, -0.1) is 0 Å². The van der Waals surface area contributed by atoms with Crippen LogP contribution in [-0.2, 0) is 4.74 Å². The summed E-state index contributed by atoms with van der Waals surface area (Å²) in [5, 5.41) is 59.1. The second-order valence-electron chi connectivity index (χ2n) is 8.60. The van der Waals surface area contributed by atoms with Crippen LogP contribution in [0.3, 0.4) is 0 Å². The Hall–Kier alpha value is -4.01. The van der Waals surface area contributed by atoms with Gasteiger partial charge in [0.1, 0.15) is 63.6 Å². The lowest BCUT2D eigenvalue weighted by atomic mass is 9.99. The number of carboxylic acids is 1. The van der Waals surface area contributed by atoms with Crippen LogP contribution in [0.25, 0.3) is 32.7 Å². The molecule has 5 rings (SSSR count). The molecule has 4 aromatic rings. The maximum absolute atomic E-state index is 13.4. The topological polar surface area (TPSA) is 217 Å². The van der Waals surface area contributed by atoms with Gasteiger partial charge in [0.15, 0.2) is 0 Å². The highest BCUT2D eigenvalue weighted by atomic mass is 16.7. The van der Waals surface area contributed by atoms with E-state index in [-0.39, 0.29) is 33.4 Å². The van der Waals surface area contributed by atoms with Crippen molar-refractivity contribution in [3.05, 3.63) is 56.2 Å². The number of rotatable bonds is 4. The van der Waals surface area contributed by atoms with Gasteiger partial charge in [-0.3, -0.25) is 4.79 Å². The quantitative estimate of drug-likeness (QED) is 0.196. The number of fused-ring (bicyclic) bond motifs is 3. The highest BCUT2D eigenvalue weighted by Gasteiger charge is 2.44. The number of hydrogen-bond acceptors (Lipinski definition) is 12. The van der Waals surface area contributed by atoms with Crippen LogP contribution in [0.4, 0.5) is 0 Å². The first-order valence-corrected chi connectivity index (χ1v) is 10.9. The molecule has 5 atom stereocenters. The molecule has 1 aliphatic rings. The van der Waals surface area contributed by atoms with Crippen LogP contribution >= 0.6 is 0 Å². The first-order valence-electron chi connectivity index (χ1n) is 10.9. The summed E-state index contributed by atoms with van der Waals surface area (Å²) >= 11 is 0. The molecular weight excluding hydrogens is 496 g/mol. The van der Waals surface area contributed by atoms with Crippen molar-refractivity contribution in [2.24, 2.45) is 0 Å². The van der Waals surface area contributed by atoms with Gasteiger partial charge in [0.2, 0.25) is 11.7 Å². The third kappa shape index (κ3) is 3.89. The molecule has 0 amide bonds. The van der Waals surface area contributed by atoms with Crippen LogP contribution in [0, 0.1) is 6.92 Å². The van der Waals surface area contributed by atoms with Crippen LogP contribution < -0.4 is 15.8 Å². The van der Waals surface area contributed by atoms with Gasteiger partial charge in [0, 0.05) is 6.07 Å². The fraction of sp³-hybridized carbons (Fsp3) is 0.292. The van der Waals surface area contributed by atoms with E-state index in [0.29, 0.717) is 0 Å². The molecule has 1 aliphatic heterocycles. The van der Waals surface area contributed by atoms with Crippen LogP contribution in [0.2, 0.25) is 0 Å². The van der Waals surface area contributed by atoms with Crippen molar-refractivity contribution in [3.63, 3.8) is 0 Å². The number of aromatic carboxylic acids is 1. The zero-order valence-corrected chi connectivity index (χ0v) is 18.9. The SMILES string of the molecule is Cc1cc2cc3oc4cc(OC5OC(CO)C(O)C(O)C5O)cc(C(=O)O)c4c(=O)c3c(O)c2c(=O)o1. The van der Waals surface area contributed by atoms with E-state index < -0.39 is 76.4 Å². The van der Waals surface area contributed by atoms with Gasteiger partial charge in [-0.25, -0.2) is 9.59 Å². The minimum atomic E-state index is -1.77. The van der Waals surface area contributed by atoms with Crippen molar-refractivity contribution in [3.8, 4) is 11.5 Å². The molecule has 13 nitrogen and oxygen atoms in total. The Morgan fingerprint density at radius 1 is 0.946 bits per heavy atom. The molecule has 0 spiro atoms. The fourth-order valence-electron chi connectivity index (χ4n) is 4.42. The van der Waals surface area contributed by atoms with E-state index in [2.05, 4.69) is 0 Å². The van der Waals surface area contributed by atoms with Gasteiger partial charge in [0.05, 0.1) is 17.6 Å². The molecule has 37 heavy (non-hydrogen) atoms. The second-order valence-corrected chi connectivity index (χ2v) is 8.60. The number of aliphatic hydroxyl groups excluding tert-OH is 4. The molecule has 0 aliphatic carbocycles. The van der Waals surface area contributed by atoms with Crippen molar-refractivity contribution >= 4 is 38.7 Å². The minimum Gasteiger partial charge on any atom is -0.506 e. The van der Waals surface area contributed by atoms with E-state index >= 15 is 0 Å². The van der Waals surface area contributed by atoms with Crippen molar-refractivity contribution in [1.29, 1.82) is 0 Å². The molecular formula is C24H20O13. The summed E-state index contributed by atoms with van der Waals surface area (Å²) in [4.78, 5) is 37.7. The third-order valence-electron chi connectivity index (χ3n) is 6.19. The maximum atomic E-state index is 13.4. The largest absolute Gasteiger partial charge is 0.506 e. The number of carbonyl (C=O) groups is 1. The van der Waals surface area contributed by atoms with Gasteiger partial charge in [-0.1, -0.05) is 0 Å². The summed E-state index contributed by atoms with van der Waals surface area (Å²) in [5.74, 6) is -2.30. The predicted octanol–water partition coefficient (Wildman–Crippen LogP) is -0.0565. The van der Waals surface area contributed by atoms with Crippen molar-refractivity contribution < 1.29 is 53.7 Å². The number of phenolic OH excluding ortho intramolecular Hbond substituents is 1. The van der Waals surface area contributed by atoms with E-state index in [0.717, 1.165) is 12.1 Å². The molecule has 1 saturated heterocycles. The molecule has 2 aromatic heterocycles. The molecule has 0 radical (unpaired) electrons. The van der Waals surface area contributed by atoms with Crippen LogP contribution in [0.1, 0.15) is 16.1 Å². The normalized spacial score (nSPS) is 24.1. The number of benzene rings is 2. The zero-order valence-electron chi connectivity index (χ0n) is 18.9. The molecule has 1 fully saturated rings. The molecule has 2 aromatic carbocycles. The predicted molar refractivity (Wildman–Crippen MR) is 124 cm³/mol. The standard InChI is InChI=1S/C24H20O13/c1-7-2-8-3-11-16(18(27)14(8)23(33)34-7)19(28)15-10(22(31)32)4-9(5-12(15)36-11)35-24-21(30)20(29)17(26)13(6-25)37-24/h2-5,13,17,20-21,24-27,29-30H,6H2,1H3,(H,31,32). The molecule has 194 valence electrons. The monoisotopic (exact) mass is 516 g/mol. The highest BCUT2D eigenvalue weighted by molar-refractivity contribution is 6.09. The van der Waals surface area contributed by atoms with E-state index in [4.69, 9.17) is 18.3 Å². The molecule has 5 unspecified atom stereocenters. The van der Waals surface area contributed by atoms with Crippen LogP contribution in [0.5, 0.6) is 11.5 Å². The fourth-order valence-corrected chi connectivity index (χ4v) is 4.42. The smallest absolute Gasteiger partial charge is 0.347 e. The van der Waals surface area contributed by atoms with Crippen molar-refractivity contribution in [1.82, 2.24) is 0 Å². The summed E-state index contributed by atoms with van der Waals surface area (Å²) in [6.45, 7) is 0.805. The lowest BCUT2D eigenvalue weighted by molar-refractivity contribution is -0.277. The second kappa shape index (κ2) is 8.83. The number of aryl methyl sites for hydroxylation is 1.